The van der Waals surface area contributed by atoms with Gasteiger partial charge in [-0.3, -0.25) is 9.78 Å². The molecule has 1 atom stereocenters. The minimum atomic E-state index is 0.0695. The van der Waals surface area contributed by atoms with Crippen molar-refractivity contribution in [1.29, 1.82) is 0 Å². The van der Waals surface area contributed by atoms with Crippen molar-refractivity contribution in [3.05, 3.63) is 36.0 Å². The smallest absolute Gasteiger partial charge is 0.167 e. The van der Waals surface area contributed by atoms with E-state index in [2.05, 4.69) is 10.3 Å². The van der Waals surface area contributed by atoms with E-state index in [0.717, 1.165) is 48.1 Å². The summed E-state index contributed by atoms with van der Waals surface area (Å²) in [7, 11) is 0. The first-order valence-corrected chi connectivity index (χ1v) is 7.56. The molecule has 0 aliphatic carbocycles. The number of hydrogen-bond acceptors (Lipinski definition) is 4. The lowest BCUT2D eigenvalue weighted by Gasteiger charge is -2.22. The highest BCUT2D eigenvalue weighted by Gasteiger charge is 2.24. The summed E-state index contributed by atoms with van der Waals surface area (Å²) in [5.74, 6) is 1.02. The van der Waals surface area contributed by atoms with Crippen molar-refractivity contribution in [3.63, 3.8) is 0 Å². The maximum atomic E-state index is 12.8. The fourth-order valence-electron chi connectivity index (χ4n) is 2.93. The maximum Gasteiger partial charge on any atom is 0.167 e. The van der Waals surface area contributed by atoms with E-state index in [1.165, 1.54) is 0 Å². The van der Waals surface area contributed by atoms with Crippen molar-refractivity contribution in [2.24, 2.45) is 5.92 Å². The topological polar surface area (TPSA) is 51.2 Å². The third-order valence-electron chi connectivity index (χ3n) is 3.97. The number of pyridine rings is 1. The number of rotatable bonds is 4. The van der Waals surface area contributed by atoms with Crippen molar-refractivity contribution in [2.45, 2.75) is 19.8 Å². The molecule has 3 rings (SSSR count). The van der Waals surface area contributed by atoms with Crippen LogP contribution in [0.1, 0.15) is 30.1 Å². The first-order valence-electron chi connectivity index (χ1n) is 7.56. The number of carbonyl (C=O) groups is 1. The predicted octanol–water partition coefficient (Wildman–Crippen LogP) is 2.82. The molecule has 1 unspecified atom stereocenters. The van der Waals surface area contributed by atoms with Gasteiger partial charge in [0.15, 0.2) is 5.78 Å². The molecule has 1 aromatic heterocycles. The summed E-state index contributed by atoms with van der Waals surface area (Å²) >= 11 is 0. The summed E-state index contributed by atoms with van der Waals surface area (Å²) in [6.45, 7) is 4.32. The van der Waals surface area contributed by atoms with Gasteiger partial charge in [-0.1, -0.05) is 6.07 Å². The predicted molar refractivity (Wildman–Crippen MR) is 82.8 cm³/mol. The fraction of sp³-hybridized carbons (Fsp3) is 0.412. The third kappa shape index (κ3) is 2.76. The van der Waals surface area contributed by atoms with Crippen LogP contribution in [0.2, 0.25) is 0 Å². The molecule has 1 saturated heterocycles. The molecule has 1 aliphatic heterocycles. The zero-order valence-electron chi connectivity index (χ0n) is 12.3. The largest absolute Gasteiger partial charge is 0.492 e. The molecule has 1 aliphatic rings. The number of ketones is 1. The van der Waals surface area contributed by atoms with Gasteiger partial charge in [0.05, 0.1) is 6.61 Å². The van der Waals surface area contributed by atoms with Gasteiger partial charge in [0.2, 0.25) is 0 Å². The summed E-state index contributed by atoms with van der Waals surface area (Å²) in [6.07, 6.45) is 3.76. The second kappa shape index (κ2) is 6.22. The van der Waals surface area contributed by atoms with Crippen molar-refractivity contribution >= 4 is 16.7 Å². The highest BCUT2D eigenvalue weighted by Crippen LogP contribution is 2.29. The number of nitrogens with one attached hydrogen (secondary N) is 1. The molecule has 1 aromatic carbocycles. The number of piperidine rings is 1. The lowest BCUT2D eigenvalue weighted by molar-refractivity contribution is 0.0901. The molecule has 1 fully saturated rings. The van der Waals surface area contributed by atoms with Crippen LogP contribution in [-0.2, 0) is 0 Å². The Labute approximate surface area is 124 Å². The van der Waals surface area contributed by atoms with Gasteiger partial charge in [-0.25, -0.2) is 0 Å². The van der Waals surface area contributed by atoms with Crippen molar-refractivity contribution in [1.82, 2.24) is 10.3 Å². The van der Waals surface area contributed by atoms with Gasteiger partial charge < -0.3 is 10.1 Å². The first kappa shape index (κ1) is 14.0. The second-order valence-electron chi connectivity index (χ2n) is 5.35. The molecule has 0 saturated carbocycles. The van der Waals surface area contributed by atoms with Crippen LogP contribution in [-0.4, -0.2) is 30.5 Å². The molecule has 4 nitrogen and oxygen atoms in total. The quantitative estimate of drug-likeness (QED) is 0.877. The zero-order valence-corrected chi connectivity index (χ0v) is 12.3. The Balaban J connectivity index is 2.02. The van der Waals surface area contributed by atoms with E-state index in [1.807, 2.05) is 31.2 Å². The van der Waals surface area contributed by atoms with Crippen LogP contribution in [0.4, 0.5) is 0 Å². The van der Waals surface area contributed by atoms with Gasteiger partial charge in [0, 0.05) is 29.6 Å². The highest BCUT2D eigenvalue weighted by molar-refractivity contribution is 6.09. The van der Waals surface area contributed by atoms with E-state index in [9.17, 15) is 4.79 Å². The molecule has 2 heterocycles. The third-order valence-corrected chi connectivity index (χ3v) is 3.97. The zero-order chi connectivity index (χ0) is 14.7. The molecule has 110 valence electrons. The fourth-order valence-corrected chi connectivity index (χ4v) is 2.93. The Morgan fingerprint density at radius 3 is 3.10 bits per heavy atom. The molecule has 0 radical (unpaired) electrons. The summed E-state index contributed by atoms with van der Waals surface area (Å²) in [4.78, 5) is 17.2. The molecule has 0 bridgehead atoms. The monoisotopic (exact) mass is 284 g/mol. The van der Waals surface area contributed by atoms with Crippen molar-refractivity contribution in [3.8, 4) is 5.75 Å². The van der Waals surface area contributed by atoms with E-state index in [1.54, 1.807) is 6.20 Å². The van der Waals surface area contributed by atoms with Crippen LogP contribution in [0.15, 0.2) is 30.5 Å². The molecule has 4 heteroatoms. The van der Waals surface area contributed by atoms with Gasteiger partial charge >= 0.3 is 0 Å². The van der Waals surface area contributed by atoms with Crippen molar-refractivity contribution < 1.29 is 9.53 Å². The van der Waals surface area contributed by atoms with Crippen LogP contribution in [0.5, 0.6) is 5.75 Å². The summed E-state index contributed by atoms with van der Waals surface area (Å²) in [5.41, 5.74) is 1.53. The van der Waals surface area contributed by atoms with E-state index >= 15 is 0 Å². The van der Waals surface area contributed by atoms with E-state index < -0.39 is 0 Å². The SMILES string of the molecule is CCOc1ccc(C(=O)C2CCCNC2)c2cccnc12. The summed E-state index contributed by atoms with van der Waals surface area (Å²) in [6, 6.07) is 7.57. The van der Waals surface area contributed by atoms with Gasteiger partial charge in [-0.15, -0.1) is 0 Å². The highest BCUT2D eigenvalue weighted by atomic mass is 16.5. The Morgan fingerprint density at radius 2 is 2.33 bits per heavy atom. The van der Waals surface area contributed by atoms with Crippen LogP contribution >= 0.6 is 0 Å². The molecule has 0 spiro atoms. The van der Waals surface area contributed by atoms with E-state index in [0.29, 0.717) is 6.61 Å². The van der Waals surface area contributed by atoms with Crippen LogP contribution in [0.3, 0.4) is 0 Å². The number of Topliss-reactive ketones (excluding diaryl/α,β-unsaturated/α-hetero) is 1. The summed E-state index contributed by atoms with van der Waals surface area (Å²) in [5, 5.41) is 4.19. The normalized spacial score (nSPS) is 18.6. The number of benzene rings is 1. The van der Waals surface area contributed by atoms with Crippen LogP contribution < -0.4 is 10.1 Å². The second-order valence-corrected chi connectivity index (χ2v) is 5.35. The van der Waals surface area contributed by atoms with Crippen LogP contribution in [0.25, 0.3) is 10.9 Å². The number of ether oxygens (including phenoxy) is 1. The molecule has 21 heavy (non-hydrogen) atoms. The minimum Gasteiger partial charge on any atom is -0.492 e. The maximum absolute atomic E-state index is 12.8. The van der Waals surface area contributed by atoms with Crippen molar-refractivity contribution in [2.75, 3.05) is 19.7 Å². The molecular formula is C17H20N2O2. The van der Waals surface area contributed by atoms with E-state index in [-0.39, 0.29) is 11.7 Å². The Morgan fingerprint density at radius 1 is 1.43 bits per heavy atom. The average molecular weight is 284 g/mol. The Kier molecular flexibility index (Phi) is 4.15. The Bertz CT molecular complexity index is 648. The number of fused-ring (bicyclic) bond motifs is 1. The standard InChI is InChI=1S/C17H20N2O2/c1-2-21-15-8-7-14(13-6-4-10-19-16(13)15)17(20)12-5-3-9-18-11-12/h4,6-8,10,12,18H,2-3,5,9,11H2,1H3. The molecule has 2 aromatic rings. The Hall–Kier alpha value is -1.94. The summed E-state index contributed by atoms with van der Waals surface area (Å²) < 4.78 is 5.61. The lowest BCUT2D eigenvalue weighted by Crippen LogP contribution is -2.34. The van der Waals surface area contributed by atoms with Gasteiger partial charge in [0.25, 0.3) is 0 Å². The first-order chi connectivity index (χ1) is 10.3. The van der Waals surface area contributed by atoms with Crippen LogP contribution in [0, 0.1) is 5.92 Å². The number of hydrogen-bond donors (Lipinski definition) is 1. The molecular weight excluding hydrogens is 264 g/mol. The van der Waals surface area contributed by atoms with Gasteiger partial charge in [-0.2, -0.15) is 0 Å². The van der Waals surface area contributed by atoms with Gasteiger partial charge in [-0.05, 0) is 44.5 Å². The lowest BCUT2D eigenvalue weighted by atomic mass is 9.89. The van der Waals surface area contributed by atoms with Gasteiger partial charge in [0.1, 0.15) is 11.3 Å². The number of nitrogens with zero attached hydrogens (tertiary/aromatic N) is 1. The number of carbonyl (C=O) groups excluding carboxylic acids is 1. The van der Waals surface area contributed by atoms with E-state index in [4.69, 9.17) is 4.74 Å². The number of aromatic nitrogens is 1. The minimum absolute atomic E-state index is 0.0695. The molecule has 1 N–H and O–H groups in total. The average Bonchev–Trinajstić information content (AvgIpc) is 2.56. The molecule has 0 amide bonds.